The minimum absolute atomic E-state index is 0.160. The second-order valence-corrected chi connectivity index (χ2v) is 13.0. The third-order valence-electron chi connectivity index (χ3n) is 9.08. The summed E-state index contributed by atoms with van der Waals surface area (Å²) in [5.41, 5.74) is 8.53. The highest BCUT2D eigenvalue weighted by molar-refractivity contribution is 6.32. The highest BCUT2D eigenvalue weighted by atomic mass is 35.5. The Hall–Kier alpha value is -4.05. The van der Waals surface area contributed by atoms with Crippen LogP contribution in [0.2, 0.25) is 5.02 Å². The summed E-state index contributed by atoms with van der Waals surface area (Å²) < 4.78 is 18.5. The third-order valence-corrected chi connectivity index (χ3v) is 9.37. The lowest BCUT2D eigenvalue weighted by atomic mass is 9.92. The van der Waals surface area contributed by atoms with Crippen molar-refractivity contribution >= 4 is 11.6 Å². The van der Waals surface area contributed by atoms with E-state index in [2.05, 4.69) is 59.4 Å². The largest absolute Gasteiger partial charge is 0.488 e. The van der Waals surface area contributed by atoms with E-state index in [4.69, 9.17) is 25.8 Å². The van der Waals surface area contributed by atoms with Crippen LogP contribution < -0.4 is 14.8 Å². The number of aromatic nitrogens is 1. The zero-order chi connectivity index (χ0) is 35.5. The van der Waals surface area contributed by atoms with Crippen LogP contribution in [-0.4, -0.2) is 76.8 Å². The summed E-state index contributed by atoms with van der Waals surface area (Å²) >= 11 is 6.73. The SMILES string of the molecule is Cc1c(COCCN2CCC(O)C2)cccc1-c1cccc(COc2cc(OCc3cncc(C#N)c3)c(CNC(CO)CO)cc2Cl)c1C. The van der Waals surface area contributed by atoms with Crippen molar-refractivity contribution in [3.8, 4) is 28.7 Å². The van der Waals surface area contributed by atoms with Gasteiger partial charge in [0.1, 0.15) is 30.8 Å². The average molecular weight is 701 g/mol. The van der Waals surface area contributed by atoms with Crippen LogP contribution >= 0.6 is 11.6 Å². The summed E-state index contributed by atoms with van der Waals surface area (Å²) in [6, 6.07) is 19.3. The molecule has 0 radical (unpaired) electrons. The van der Waals surface area contributed by atoms with Crippen LogP contribution in [0, 0.1) is 25.2 Å². The van der Waals surface area contributed by atoms with E-state index >= 15 is 0 Å². The Morgan fingerprint density at radius 1 is 0.940 bits per heavy atom. The number of nitrogens with zero attached hydrogens (tertiary/aromatic N) is 3. The van der Waals surface area contributed by atoms with Gasteiger partial charge in [0.05, 0.1) is 49.2 Å². The maximum atomic E-state index is 9.77. The van der Waals surface area contributed by atoms with Crippen LogP contribution in [-0.2, 0) is 31.1 Å². The maximum absolute atomic E-state index is 9.77. The molecule has 4 N–H and O–H groups in total. The van der Waals surface area contributed by atoms with Gasteiger partial charge < -0.3 is 34.8 Å². The number of nitriles is 1. The molecule has 4 aromatic rings. The molecule has 1 unspecified atom stereocenters. The number of hydrogen-bond donors (Lipinski definition) is 4. The van der Waals surface area contributed by atoms with Gasteiger partial charge in [-0.25, -0.2) is 0 Å². The molecule has 1 aliphatic heterocycles. The Kier molecular flexibility index (Phi) is 13.6. The van der Waals surface area contributed by atoms with Crippen LogP contribution in [0.1, 0.15) is 45.4 Å². The summed E-state index contributed by atoms with van der Waals surface area (Å²) in [5, 5.41) is 41.6. The molecule has 0 aliphatic carbocycles. The fraction of sp³-hybridized carbons (Fsp3) is 0.385. The number of aliphatic hydroxyl groups is 3. The number of hydrogen-bond acceptors (Lipinski definition) is 10. The van der Waals surface area contributed by atoms with E-state index in [1.165, 1.54) is 11.8 Å². The topological polar surface area (TPSA) is 140 Å². The predicted molar refractivity (Wildman–Crippen MR) is 192 cm³/mol. The van der Waals surface area contributed by atoms with Gasteiger partial charge in [0.25, 0.3) is 0 Å². The third kappa shape index (κ3) is 9.80. The van der Waals surface area contributed by atoms with Gasteiger partial charge in [-0.05, 0) is 65.8 Å². The lowest BCUT2D eigenvalue weighted by Crippen LogP contribution is -2.35. The van der Waals surface area contributed by atoms with E-state index in [1.54, 1.807) is 24.4 Å². The Labute approximate surface area is 298 Å². The first kappa shape index (κ1) is 37.2. The molecule has 1 atom stereocenters. The van der Waals surface area contributed by atoms with E-state index in [0.29, 0.717) is 40.9 Å². The van der Waals surface area contributed by atoms with Gasteiger partial charge in [-0.2, -0.15) is 5.26 Å². The van der Waals surface area contributed by atoms with Gasteiger partial charge in [0, 0.05) is 55.8 Å². The normalized spacial score (nSPS) is 14.6. The second kappa shape index (κ2) is 18.3. The Morgan fingerprint density at radius 2 is 1.64 bits per heavy atom. The first-order valence-electron chi connectivity index (χ1n) is 16.8. The number of nitrogens with one attached hydrogen (secondary N) is 1. The molecule has 5 rings (SSSR count). The van der Waals surface area contributed by atoms with Gasteiger partial charge in [0.2, 0.25) is 0 Å². The minimum Gasteiger partial charge on any atom is -0.488 e. The Morgan fingerprint density at radius 3 is 2.30 bits per heavy atom. The second-order valence-electron chi connectivity index (χ2n) is 12.6. The lowest BCUT2D eigenvalue weighted by Gasteiger charge is -2.19. The molecule has 50 heavy (non-hydrogen) atoms. The number of pyridine rings is 1. The van der Waals surface area contributed by atoms with Crippen molar-refractivity contribution in [2.45, 2.75) is 58.8 Å². The smallest absolute Gasteiger partial charge is 0.142 e. The average Bonchev–Trinajstić information content (AvgIpc) is 3.55. The first-order valence-corrected chi connectivity index (χ1v) is 17.2. The zero-order valence-electron chi connectivity index (χ0n) is 28.6. The van der Waals surface area contributed by atoms with Crippen LogP contribution in [0.25, 0.3) is 11.1 Å². The predicted octanol–water partition coefficient (Wildman–Crippen LogP) is 5.07. The van der Waals surface area contributed by atoms with E-state index in [0.717, 1.165) is 59.4 Å². The number of β-amino-alcohol motifs (C(OH)–C–C–N with tert-alkyl or cyclic N) is 1. The van der Waals surface area contributed by atoms with Gasteiger partial charge in [0.15, 0.2) is 0 Å². The molecule has 0 amide bonds. The number of benzene rings is 3. The fourth-order valence-corrected chi connectivity index (χ4v) is 6.24. The highest BCUT2D eigenvalue weighted by Gasteiger charge is 2.20. The molecular weight excluding hydrogens is 656 g/mol. The van der Waals surface area contributed by atoms with Crippen LogP contribution in [0.5, 0.6) is 11.5 Å². The van der Waals surface area contributed by atoms with Crippen molar-refractivity contribution in [2.75, 3.05) is 39.5 Å². The molecule has 1 saturated heterocycles. The summed E-state index contributed by atoms with van der Waals surface area (Å²) in [6.07, 6.45) is 3.74. The van der Waals surface area contributed by atoms with E-state index in [9.17, 15) is 20.6 Å². The summed E-state index contributed by atoms with van der Waals surface area (Å²) in [7, 11) is 0. The molecule has 1 aliphatic rings. The van der Waals surface area contributed by atoms with Crippen LogP contribution in [0.3, 0.4) is 0 Å². The molecule has 0 spiro atoms. The highest BCUT2D eigenvalue weighted by Crippen LogP contribution is 2.35. The standard InChI is InChI=1S/C39H45ClN4O6/c1-26-30(24-48-12-11-44-10-9-34(47)20-44)5-3-7-35(26)36-8-4-6-31(27(36)2)25-50-39-15-38(49-23-29-13-28(16-41)17-42-18-29)32(14-37(39)40)19-43-33(21-45)22-46/h3-8,13-15,17-18,33-34,43,45-47H,9-12,19-25H2,1-2H3. The minimum atomic E-state index is -0.503. The number of ether oxygens (including phenoxy) is 3. The van der Waals surface area contributed by atoms with Gasteiger partial charge in [-0.15, -0.1) is 0 Å². The van der Waals surface area contributed by atoms with E-state index < -0.39 is 6.04 Å². The molecule has 2 heterocycles. The Balaban J connectivity index is 1.30. The molecule has 10 nitrogen and oxygen atoms in total. The lowest BCUT2D eigenvalue weighted by molar-refractivity contribution is 0.0936. The quantitative estimate of drug-likeness (QED) is 0.110. The fourth-order valence-electron chi connectivity index (χ4n) is 6.00. The molecule has 3 aromatic carbocycles. The van der Waals surface area contributed by atoms with Crippen molar-refractivity contribution in [1.82, 2.24) is 15.2 Å². The van der Waals surface area contributed by atoms with Gasteiger partial charge >= 0.3 is 0 Å². The van der Waals surface area contributed by atoms with Crippen molar-refractivity contribution in [3.63, 3.8) is 0 Å². The summed E-state index contributed by atoms with van der Waals surface area (Å²) in [5.74, 6) is 0.950. The van der Waals surface area contributed by atoms with Crippen LogP contribution in [0.4, 0.5) is 0 Å². The van der Waals surface area contributed by atoms with Crippen molar-refractivity contribution < 1.29 is 29.5 Å². The van der Waals surface area contributed by atoms with Crippen molar-refractivity contribution in [2.24, 2.45) is 0 Å². The molecule has 0 bridgehead atoms. The molecule has 1 aromatic heterocycles. The molecular formula is C39H45ClN4O6. The monoisotopic (exact) mass is 700 g/mol. The van der Waals surface area contributed by atoms with Crippen molar-refractivity contribution in [3.05, 3.63) is 111 Å². The van der Waals surface area contributed by atoms with Gasteiger partial charge in [-0.1, -0.05) is 48.0 Å². The molecule has 1 fully saturated rings. The van der Waals surface area contributed by atoms with E-state index in [-0.39, 0.29) is 39.1 Å². The van der Waals surface area contributed by atoms with Crippen LogP contribution in [0.15, 0.2) is 67.0 Å². The first-order chi connectivity index (χ1) is 24.3. The molecule has 0 saturated carbocycles. The molecule has 11 heteroatoms. The summed E-state index contributed by atoms with van der Waals surface area (Å²) in [4.78, 5) is 6.35. The van der Waals surface area contributed by atoms with Gasteiger partial charge in [-0.3, -0.25) is 9.88 Å². The Bertz CT molecular complexity index is 1780. The number of likely N-dealkylation sites (tertiary alicyclic amines) is 1. The number of aliphatic hydroxyl groups excluding tert-OH is 3. The zero-order valence-corrected chi connectivity index (χ0v) is 29.3. The van der Waals surface area contributed by atoms with E-state index in [1.807, 2.05) is 12.1 Å². The number of halogens is 1. The number of rotatable bonds is 17. The summed E-state index contributed by atoms with van der Waals surface area (Å²) in [6.45, 7) is 8.06. The van der Waals surface area contributed by atoms with Crippen molar-refractivity contribution in [1.29, 1.82) is 5.26 Å². The molecule has 264 valence electrons. The maximum Gasteiger partial charge on any atom is 0.142 e.